The van der Waals surface area contributed by atoms with Gasteiger partial charge in [-0.2, -0.15) is 0 Å². The fourth-order valence-corrected chi connectivity index (χ4v) is 7.85. The molecule has 0 radical (unpaired) electrons. The summed E-state index contributed by atoms with van der Waals surface area (Å²) in [6.07, 6.45) is 6.42. The average molecular weight is 694 g/mol. The molecule has 2 aromatic heterocycles. The third-order valence-electron chi connectivity index (χ3n) is 7.00. The molecular formula is C23H31N5O14P3-3. The fraction of sp³-hybridized carbons (Fsp3) is 0.652. The number of aromatic nitrogens is 5. The van der Waals surface area contributed by atoms with E-state index in [9.17, 15) is 43.1 Å². The molecule has 0 amide bonds. The second kappa shape index (κ2) is 15.1. The first-order valence-electron chi connectivity index (χ1n) is 13.9. The number of nitrogens with one attached hydrogen (secondary N) is 1. The number of H-pyrrole nitrogens is 1. The van der Waals surface area contributed by atoms with Crippen LogP contribution in [0, 0.1) is 17.8 Å². The van der Waals surface area contributed by atoms with Crippen LogP contribution in [0.5, 0.6) is 0 Å². The summed E-state index contributed by atoms with van der Waals surface area (Å²) in [5.41, 5.74) is -0.821. The van der Waals surface area contributed by atoms with Crippen molar-refractivity contribution in [1.29, 1.82) is 0 Å². The topological polar surface area (TPSA) is 283 Å². The van der Waals surface area contributed by atoms with Crippen molar-refractivity contribution in [2.24, 2.45) is 5.92 Å². The molecule has 3 heterocycles. The number of aryl methyl sites for hydroxylation is 1. The van der Waals surface area contributed by atoms with E-state index in [2.05, 4.69) is 40.3 Å². The zero-order valence-corrected chi connectivity index (χ0v) is 26.3. The van der Waals surface area contributed by atoms with E-state index in [1.54, 1.807) is 0 Å². The van der Waals surface area contributed by atoms with E-state index < -0.39 is 59.8 Å². The Morgan fingerprint density at radius 3 is 2.53 bits per heavy atom. The first-order chi connectivity index (χ1) is 21.1. The van der Waals surface area contributed by atoms with Crippen molar-refractivity contribution in [1.82, 2.24) is 24.5 Å². The summed E-state index contributed by atoms with van der Waals surface area (Å²) >= 11 is 0. The largest absolute Gasteiger partial charge is 0.756 e. The Morgan fingerprint density at radius 2 is 1.82 bits per heavy atom. The average Bonchev–Trinajstić information content (AvgIpc) is 3.66. The summed E-state index contributed by atoms with van der Waals surface area (Å²) in [6.45, 7) is -0.134. The van der Waals surface area contributed by atoms with Crippen LogP contribution in [0.25, 0.3) is 0 Å². The van der Waals surface area contributed by atoms with Crippen LogP contribution in [0.1, 0.15) is 68.9 Å². The number of hydrogen-bond donors (Lipinski definition) is 3. The van der Waals surface area contributed by atoms with E-state index in [0.717, 1.165) is 42.3 Å². The maximum atomic E-state index is 12.4. The fourth-order valence-electron chi connectivity index (χ4n) is 4.95. The molecule has 1 saturated heterocycles. The number of phosphoric ester groups is 1. The Bertz CT molecular complexity index is 1650. The molecule has 1 aliphatic carbocycles. The molecule has 1 saturated carbocycles. The van der Waals surface area contributed by atoms with Crippen LogP contribution in [-0.2, 0) is 44.5 Å². The Morgan fingerprint density at radius 1 is 1.09 bits per heavy atom. The van der Waals surface area contributed by atoms with Crippen LogP contribution in [0.4, 0.5) is 0 Å². The lowest BCUT2D eigenvalue weighted by atomic mass is 10.1. The van der Waals surface area contributed by atoms with Crippen LogP contribution < -0.4 is 25.9 Å². The van der Waals surface area contributed by atoms with E-state index in [1.807, 2.05) is 10.9 Å². The van der Waals surface area contributed by atoms with Gasteiger partial charge in [0.15, 0.2) is 0 Å². The molecule has 1 aliphatic heterocycles. The monoisotopic (exact) mass is 694 g/mol. The third kappa shape index (κ3) is 11.2. The summed E-state index contributed by atoms with van der Waals surface area (Å²) in [4.78, 5) is 68.9. The number of unbranched alkanes of at least 4 members (excludes halogenated alkanes) is 2. The molecule has 3 N–H and O–H groups in total. The molecule has 19 nitrogen and oxygen atoms in total. The van der Waals surface area contributed by atoms with Gasteiger partial charge in [-0.05, 0) is 38.0 Å². The normalized spacial score (nSPS) is 24.4. The summed E-state index contributed by atoms with van der Waals surface area (Å²) < 4.78 is 53.0. The number of rotatable bonds is 14. The van der Waals surface area contributed by atoms with E-state index in [-0.39, 0.29) is 12.0 Å². The van der Waals surface area contributed by atoms with Crippen LogP contribution in [-0.4, -0.2) is 53.4 Å². The second-order valence-electron chi connectivity index (χ2n) is 10.6. The van der Waals surface area contributed by atoms with Gasteiger partial charge in [0.05, 0.1) is 18.4 Å². The van der Waals surface area contributed by atoms with Gasteiger partial charge in [-0.3, -0.25) is 32.7 Å². The van der Waals surface area contributed by atoms with Gasteiger partial charge < -0.3 is 33.9 Å². The van der Waals surface area contributed by atoms with Gasteiger partial charge in [0, 0.05) is 31.8 Å². The first-order valence-corrected chi connectivity index (χ1v) is 18.3. The molecule has 2 fully saturated rings. The predicted molar refractivity (Wildman–Crippen MR) is 145 cm³/mol. The lowest BCUT2D eigenvalue weighted by Gasteiger charge is -2.33. The number of aliphatic hydroxyl groups is 1. The summed E-state index contributed by atoms with van der Waals surface area (Å²) in [5, 5.41) is 18.7. The summed E-state index contributed by atoms with van der Waals surface area (Å²) in [6, 6.07) is 0. The van der Waals surface area contributed by atoms with Gasteiger partial charge >= 0.3 is 5.69 Å². The van der Waals surface area contributed by atoms with Crippen molar-refractivity contribution in [3.05, 3.63) is 44.5 Å². The van der Waals surface area contributed by atoms with E-state index in [1.165, 1.54) is 25.7 Å². The lowest BCUT2D eigenvalue weighted by molar-refractivity contribution is -0.250. The number of nitrogens with zero attached hydrogens (tertiary/aromatic N) is 4. The minimum absolute atomic E-state index is 0.0644. The SMILES string of the molecule is O=c1[nH]c(=O)n([C@H]2CC(O)[C@@H](COP(=O)([O-])OP(=O)([O-])OP(=O)([O-])O)O2)cc1C#CCCCCc1cn(CC2CCCC2)nn1. The van der Waals surface area contributed by atoms with Gasteiger partial charge in [0.1, 0.15) is 17.9 Å². The van der Waals surface area contributed by atoms with Crippen LogP contribution in [0.2, 0.25) is 0 Å². The molecule has 0 bridgehead atoms. The lowest BCUT2D eigenvalue weighted by Crippen LogP contribution is -2.33. The molecular weight excluding hydrogens is 663 g/mol. The molecule has 2 aromatic rings. The highest BCUT2D eigenvalue weighted by Gasteiger charge is 2.37. The molecule has 0 aromatic carbocycles. The number of aliphatic hydroxyl groups excluding tert-OH is 1. The highest BCUT2D eigenvalue weighted by Crippen LogP contribution is 2.61. The molecule has 45 heavy (non-hydrogen) atoms. The van der Waals surface area contributed by atoms with Crippen LogP contribution in [0.15, 0.2) is 22.0 Å². The van der Waals surface area contributed by atoms with Crippen molar-refractivity contribution >= 4 is 23.5 Å². The van der Waals surface area contributed by atoms with Crippen molar-refractivity contribution in [3.63, 3.8) is 0 Å². The standard InChI is InChI=1S/C23H34N5O14P3/c29-19-11-21(40-20(19)15-39-44(35,36)42-45(37,38)41-43(32,33)34)28-13-17(22(30)24-23(28)31)9-3-1-2-4-10-18-14-27(26-25-18)12-16-7-5-6-8-16/h13-14,16,19-21,29H,1-2,4-8,10-12,15H2,(H,35,36)(H,37,38)(H,24,30,31)(H2,32,33,34)/p-3/t19?,20-,21-/m1/s1. The molecule has 22 heteroatoms. The van der Waals surface area contributed by atoms with Crippen LogP contribution in [0.3, 0.4) is 0 Å². The highest BCUT2D eigenvalue weighted by molar-refractivity contribution is 7.65. The molecule has 4 rings (SSSR count). The molecule has 6 atom stereocenters. The Kier molecular flexibility index (Phi) is 11.9. The molecule has 250 valence electrons. The minimum Gasteiger partial charge on any atom is -0.756 e. The van der Waals surface area contributed by atoms with Crippen LogP contribution >= 0.6 is 23.5 Å². The quantitative estimate of drug-likeness (QED) is 0.124. The van der Waals surface area contributed by atoms with Gasteiger partial charge in [-0.25, -0.2) is 13.4 Å². The van der Waals surface area contributed by atoms with Gasteiger partial charge in [0.2, 0.25) is 0 Å². The highest BCUT2D eigenvalue weighted by atomic mass is 31.3. The van der Waals surface area contributed by atoms with E-state index in [0.29, 0.717) is 12.3 Å². The number of hydrogen-bond acceptors (Lipinski definition) is 15. The van der Waals surface area contributed by atoms with Gasteiger partial charge in [-0.15, -0.1) is 5.10 Å². The molecule has 2 aliphatic rings. The molecule has 0 spiro atoms. The van der Waals surface area contributed by atoms with Crippen molar-refractivity contribution < 1.29 is 56.3 Å². The predicted octanol–water partition coefficient (Wildman–Crippen LogP) is -0.821. The first kappa shape index (κ1) is 35.6. The zero-order chi connectivity index (χ0) is 32.8. The summed E-state index contributed by atoms with van der Waals surface area (Å²) in [5.74, 6) is 6.24. The number of ether oxygens (including phenoxy) is 1. The van der Waals surface area contributed by atoms with Crippen molar-refractivity contribution in [3.8, 4) is 11.8 Å². The summed E-state index contributed by atoms with van der Waals surface area (Å²) in [7, 11) is -17.8. The van der Waals surface area contributed by atoms with Gasteiger partial charge in [-0.1, -0.05) is 29.9 Å². The smallest absolute Gasteiger partial charge is 0.330 e. The zero-order valence-electron chi connectivity index (χ0n) is 23.7. The van der Waals surface area contributed by atoms with Crippen molar-refractivity contribution in [2.45, 2.75) is 82.8 Å². The third-order valence-corrected chi connectivity index (χ3v) is 10.7. The minimum atomic E-state index is -6.10. The van der Waals surface area contributed by atoms with E-state index in [4.69, 9.17) is 9.63 Å². The Balaban J connectivity index is 1.27. The number of aromatic amines is 1. The van der Waals surface area contributed by atoms with Gasteiger partial charge in [0.25, 0.3) is 29.0 Å². The number of phosphoric acid groups is 3. The second-order valence-corrected chi connectivity index (χ2v) is 14.8. The maximum Gasteiger partial charge on any atom is 0.330 e. The van der Waals surface area contributed by atoms with Crippen molar-refractivity contribution in [2.75, 3.05) is 6.61 Å². The molecule has 4 unspecified atom stereocenters. The Hall–Kier alpha value is -2.29. The maximum absolute atomic E-state index is 12.4. The Labute approximate surface area is 256 Å². The van der Waals surface area contributed by atoms with E-state index >= 15 is 0 Å².